The highest BCUT2D eigenvalue weighted by molar-refractivity contribution is 7.89. The molecule has 5 rings (SSSR count). The van der Waals surface area contributed by atoms with E-state index < -0.39 is 10.0 Å². The van der Waals surface area contributed by atoms with Crippen LogP contribution < -0.4 is 4.90 Å². The van der Waals surface area contributed by atoms with Crippen molar-refractivity contribution >= 4 is 42.6 Å². The highest BCUT2D eigenvalue weighted by Gasteiger charge is 2.35. The van der Waals surface area contributed by atoms with E-state index in [4.69, 9.17) is 9.40 Å². The Morgan fingerprint density at radius 3 is 2.56 bits per heavy atom. The number of furan rings is 1. The van der Waals surface area contributed by atoms with E-state index in [1.54, 1.807) is 41.5 Å². The van der Waals surface area contributed by atoms with Crippen LogP contribution in [0.4, 0.5) is 5.13 Å². The third-order valence-corrected chi connectivity index (χ3v) is 9.66. The first-order valence-corrected chi connectivity index (χ1v) is 14.4. The van der Waals surface area contributed by atoms with Gasteiger partial charge < -0.3 is 4.42 Å². The molecular formula is C27H29N3O4S2. The zero-order chi connectivity index (χ0) is 25.3. The van der Waals surface area contributed by atoms with E-state index in [-0.39, 0.29) is 18.4 Å². The number of rotatable bonds is 7. The van der Waals surface area contributed by atoms with E-state index in [2.05, 4.69) is 19.1 Å². The van der Waals surface area contributed by atoms with Gasteiger partial charge >= 0.3 is 0 Å². The fourth-order valence-corrected chi connectivity index (χ4v) is 7.02. The largest absolute Gasteiger partial charge is 0.467 e. The summed E-state index contributed by atoms with van der Waals surface area (Å²) < 4.78 is 34.3. The molecule has 1 saturated heterocycles. The summed E-state index contributed by atoms with van der Waals surface area (Å²) in [5, 5.41) is 0.634. The number of amides is 1. The van der Waals surface area contributed by atoms with Crippen molar-refractivity contribution in [1.82, 2.24) is 9.29 Å². The van der Waals surface area contributed by atoms with Gasteiger partial charge in [0.1, 0.15) is 5.76 Å². The fraction of sp³-hybridized carbons (Fsp3) is 0.333. The summed E-state index contributed by atoms with van der Waals surface area (Å²) in [4.78, 5) is 20.5. The van der Waals surface area contributed by atoms with Crippen LogP contribution in [0.15, 0.2) is 70.2 Å². The zero-order valence-electron chi connectivity index (χ0n) is 20.4. The van der Waals surface area contributed by atoms with Gasteiger partial charge in [-0.2, -0.15) is 4.31 Å². The molecule has 0 aliphatic carbocycles. The monoisotopic (exact) mass is 523 g/mol. The van der Waals surface area contributed by atoms with Crippen LogP contribution in [0.25, 0.3) is 10.2 Å². The SMILES string of the molecule is CCc1ccc2nc(N(Cc3ccco3)C(=O)C3CCN(S(=O)(=O)c4ccc(C)cc4)CC3)sc2c1. The maximum atomic E-state index is 13.8. The average molecular weight is 524 g/mol. The molecule has 3 heterocycles. The Morgan fingerprint density at radius 2 is 1.89 bits per heavy atom. The molecule has 36 heavy (non-hydrogen) atoms. The molecule has 0 saturated carbocycles. The summed E-state index contributed by atoms with van der Waals surface area (Å²) in [5.41, 5.74) is 3.10. The summed E-state index contributed by atoms with van der Waals surface area (Å²) in [6.07, 6.45) is 3.45. The predicted octanol–water partition coefficient (Wildman–Crippen LogP) is 5.39. The summed E-state index contributed by atoms with van der Waals surface area (Å²) in [6.45, 7) is 4.94. The van der Waals surface area contributed by atoms with E-state index in [9.17, 15) is 13.2 Å². The van der Waals surface area contributed by atoms with Crippen LogP contribution in [0.2, 0.25) is 0 Å². The first kappa shape index (κ1) is 24.7. The number of hydrogen-bond donors (Lipinski definition) is 0. The summed E-state index contributed by atoms with van der Waals surface area (Å²) in [7, 11) is -3.58. The Balaban J connectivity index is 1.36. The number of sulfonamides is 1. The van der Waals surface area contributed by atoms with Gasteiger partial charge in [0.15, 0.2) is 5.13 Å². The second-order valence-electron chi connectivity index (χ2n) is 9.15. The Bertz CT molecular complexity index is 1450. The number of carbonyl (C=O) groups is 1. The van der Waals surface area contributed by atoms with E-state index in [1.165, 1.54) is 21.2 Å². The minimum atomic E-state index is -3.58. The van der Waals surface area contributed by atoms with Gasteiger partial charge in [-0.1, -0.05) is 42.0 Å². The van der Waals surface area contributed by atoms with Crippen molar-refractivity contribution in [2.24, 2.45) is 5.92 Å². The molecule has 188 valence electrons. The van der Waals surface area contributed by atoms with Crippen LogP contribution in [-0.2, 0) is 27.8 Å². The molecule has 1 fully saturated rings. The van der Waals surface area contributed by atoms with Gasteiger partial charge in [-0.05, 0) is 68.1 Å². The van der Waals surface area contributed by atoms with Crippen LogP contribution in [0, 0.1) is 12.8 Å². The number of fused-ring (bicyclic) bond motifs is 1. The molecule has 2 aromatic carbocycles. The molecule has 0 radical (unpaired) electrons. The maximum Gasteiger partial charge on any atom is 0.243 e. The average Bonchev–Trinajstić information content (AvgIpc) is 3.56. The number of piperidine rings is 1. The first-order chi connectivity index (χ1) is 17.3. The lowest BCUT2D eigenvalue weighted by Crippen LogP contribution is -2.44. The standard InChI is InChI=1S/C27H29N3O4S2/c1-3-20-8-11-24-25(17-20)35-27(28-24)30(18-22-5-4-16-34-22)26(31)21-12-14-29(15-13-21)36(32,33)23-9-6-19(2)7-10-23/h4-11,16-17,21H,3,12-15,18H2,1-2H3. The normalized spacial score (nSPS) is 15.4. The first-order valence-electron chi connectivity index (χ1n) is 12.1. The predicted molar refractivity (Wildman–Crippen MR) is 142 cm³/mol. The third-order valence-electron chi connectivity index (χ3n) is 6.70. The van der Waals surface area contributed by atoms with Crippen molar-refractivity contribution in [3.8, 4) is 0 Å². The van der Waals surface area contributed by atoms with Crippen molar-refractivity contribution in [1.29, 1.82) is 0 Å². The quantitative estimate of drug-likeness (QED) is 0.324. The minimum absolute atomic E-state index is 0.0476. The second-order valence-corrected chi connectivity index (χ2v) is 12.1. The number of nitrogens with zero attached hydrogens (tertiary/aromatic N) is 3. The van der Waals surface area contributed by atoms with Gasteiger partial charge in [-0.25, -0.2) is 13.4 Å². The number of anilines is 1. The fourth-order valence-electron chi connectivity index (χ4n) is 4.51. The molecule has 2 aromatic heterocycles. The van der Waals surface area contributed by atoms with Gasteiger partial charge in [0.25, 0.3) is 0 Å². The van der Waals surface area contributed by atoms with Crippen molar-refractivity contribution < 1.29 is 17.6 Å². The highest BCUT2D eigenvalue weighted by Crippen LogP contribution is 2.33. The van der Waals surface area contributed by atoms with Gasteiger partial charge in [-0.3, -0.25) is 9.69 Å². The number of carbonyl (C=O) groups excluding carboxylic acids is 1. The molecule has 4 aromatic rings. The number of benzene rings is 2. The highest BCUT2D eigenvalue weighted by atomic mass is 32.2. The zero-order valence-corrected chi connectivity index (χ0v) is 22.0. The van der Waals surface area contributed by atoms with E-state index in [1.807, 2.05) is 19.1 Å². The molecule has 0 bridgehead atoms. The molecule has 0 spiro atoms. The lowest BCUT2D eigenvalue weighted by molar-refractivity contribution is -0.123. The molecule has 7 nitrogen and oxygen atoms in total. The summed E-state index contributed by atoms with van der Waals surface area (Å²) in [6, 6.07) is 16.7. The minimum Gasteiger partial charge on any atom is -0.467 e. The lowest BCUT2D eigenvalue weighted by Gasteiger charge is -2.32. The number of thiazole rings is 1. The molecule has 1 aliphatic heterocycles. The van der Waals surface area contributed by atoms with Crippen LogP contribution in [0.5, 0.6) is 0 Å². The molecule has 0 atom stereocenters. The van der Waals surface area contributed by atoms with Crippen LogP contribution in [0.1, 0.15) is 36.7 Å². The molecule has 9 heteroatoms. The van der Waals surface area contributed by atoms with Gasteiger partial charge in [0.05, 0.1) is 27.9 Å². The van der Waals surface area contributed by atoms with Crippen LogP contribution in [0.3, 0.4) is 0 Å². The Morgan fingerprint density at radius 1 is 1.14 bits per heavy atom. The van der Waals surface area contributed by atoms with Gasteiger partial charge in [-0.15, -0.1) is 0 Å². The Kier molecular flexibility index (Phi) is 6.96. The Hall–Kier alpha value is -3.01. The van der Waals surface area contributed by atoms with Crippen molar-refractivity contribution in [2.45, 2.75) is 44.6 Å². The van der Waals surface area contributed by atoms with Crippen LogP contribution in [-0.4, -0.2) is 36.7 Å². The molecule has 0 unspecified atom stereocenters. The topological polar surface area (TPSA) is 83.7 Å². The number of hydrogen-bond acceptors (Lipinski definition) is 6. The number of aromatic nitrogens is 1. The van der Waals surface area contributed by atoms with Crippen LogP contribution >= 0.6 is 11.3 Å². The molecule has 0 N–H and O–H groups in total. The summed E-state index contributed by atoms with van der Waals surface area (Å²) in [5.74, 6) is 0.340. The van der Waals surface area contributed by atoms with Gasteiger partial charge in [0, 0.05) is 19.0 Å². The van der Waals surface area contributed by atoms with Crippen molar-refractivity contribution in [3.05, 3.63) is 77.7 Å². The number of aryl methyl sites for hydroxylation is 2. The molecule has 1 amide bonds. The maximum absolute atomic E-state index is 13.8. The van der Waals surface area contributed by atoms with Crippen molar-refractivity contribution in [3.63, 3.8) is 0 Å². The second kappa shape index (κ2) is 10.2. The lowest BCUT2D eigenvalue weighted by atomic mass is 9.96. The van der Waals surface area contributed by atoms with Crippen molar-refractivity contribution in [2.75, 3.05) is 18.0 Å². The van der Waals surface area contributed by atoms with Gasteiger partial charge in [0.2, 0.25) is 15.9 Å². The molecular weight excluding hydrogens is 494 g/mol. The van der Waals surface area contributed by atoms with E-state index >= 15 is 0 Å². The molecule has 1 aliphatic rings. The summed E-state index contributed by atoms with van der Waals surface area (Å²) >= 11 is 1.50. The Labute approximate surface area is 215 Å². The van der Waals surface area contributed by atoms with E-state index in [0.717, 1.165) is 22.2 Å². The van der Waals surface area contributed by atoms with E-state index in [0.29, 0.717) is 41.7 Å². The smallest absolute Gasteiger partial charge is 0.243 e. The third kappa shape index (κ3) is 4.96.